The fourth-order valence-corrected chi connectivity index (χ4v) is 4.71. The molecule has 0 spiro atoms. The Balaban J connectivity index is 1.37. The van der Waals surface area contributed by atoms with Crippen molar-refractivity contribution in [3.8, 4) is 0 Å². The predicted molar refractivity (Wildman–Crippen MR) is 101 cm³/mol. The number of amides is 1. The summed E-state index contributed by atoms with van der Waals surface area (Å²) in [4.78, 5) is 15.0. The number of ether oxygens (including phenoxy) is 2. The van der Waals surface area contributed by atoms with Crippen LogP contribution in [-0.2, 0) is 20.7 Å². The van der Waals surface area contributed by atoms with Crippen molar-refractivity contribution in [3.05, 3.63) is 35.9 Å². The molecule has 142 valence electrons. The number of benzene rings is 1. The second-order valence-electron chi connectivity index (χ2n) is 8.28. The van der Waals surface area contributed by atoms with E-state index in [4.69, 9.17) is 9.47 Å². The van der Waals surface area contributed by atoms with E-state index in [9.17, 15) is 4.79 Å². The third-order valence-corrected chi connectivity index (χ3v) is 6.60. The van der Waals surface area contributed by atoms with Crippen molar-refractivity contribution in [2.45, 2.75) is 69.1 Å². The lowest BCUT2D eigenvalue weighted by Crippen LogP contribution is -2.53. The molecule has 0 radical (unpaired) electrons. The lowest BCUT2D eigenvalue weighted by molar-refractivity contribution is -0.141. The average molecular weight is 357 g/mol. The van der Waals surface area contributed by atoms with E-state index < -0.39 is 0 Å². The third-order valence-electron chi connectivity index (χ3n) is 6.60. The summed E-state index contributed by atoms with van der Waals surface area (Å²) < 4.78 is 12.2. The Morgan fingerprint density at radius 3 is 2.73 bits per heavy atom. The van der Waals surface area contributed by atoms with Gasteiger partial charge in [0, 0.05) is 26.7 Å². The van der Waals surface area contributed by atoms with Crippen molar-refractivity contribution in [2.75, 3.05) is 20.3 Å². The van der Waals surface area contributed by atoms with Gasteiger partial charge >= 0.3 is 0 Å². The standard InChI is InChI=1S/C22H31NO3/c1-25-22-12-11-19(26-16-18-7-8-18)15-20(22)23(14-13-22)21(24)10-9-17-5-3-2-4-6-17/h2-6,18-20H,7-16H2,1H3/t19-,20-,22+/m0/s1. The molecular formula is C22H31NO3. The highest BCUT2D eigenvalue weighted by molar-refractivity contribution is 5.77. The van der Waals surface area contributed by atoms with Crippen LogP contribution < -0.4 is 0 Å². The topological polar surface area (TPSA) is 38.8 Å². The van der Waals surface area contributed by atoms with Crippen molar-refractivity contribution >= 4 is 5.91 Å². The summed E-state index contributed by atoms with van der Waals surface area (Å²) in [6, 6.07) is 10.5. The molecule has 3 fully saturated rings. The highest BCUT2D eigenvalue weighted by Crippen LogP contribution is 2.44. The molecule has 2 aliphatic carbocycles. The first-order valence-corrected chi connectivity index (χ1v) is 10.2. The summed E-state index contributed by atoms with van der Waals surface area (Å²) in [5.74, 6) is 1.05. The van der Waals surface area contributed by atoms with E-state index in [2.05, 4.69) is 17.0 Å². The van der Waals surface area contributed by atoms with Gasteiger partial charge in [-0.15, -0.1) is 0 Å². The maximum atomic E-state index is 12.9. The summed E-state index contributed by atoms with van der Waals surface area (Å²) >= 11 is 0. The molecule has 3 atom stereocenters. The van der Waals surface area contributed by atoms with Gasteiger partial charge in [-0.25, -0.2) is 0 Å². The molecule has 1 amide bonds. The van der Waals surface area contributed by atoms with Crippen LogP contribution in [0, 0.1) is 5.92 Å². The number of fused-ring (bicyclic) bond motifs is 1. The lowest BCUT2D eigenvalue weighted by Gasteiger charge is -2.43. The number of aryl methyl sites for hydroxylation is 1. The Kier molecular flexibility index (Phi) is 5.32. The van der Waals surface area contributed by atoms with Gasteiger partial charge in [0.1, 0.15) is 0 Å². The zero-order chi connectivity index (χ0) is 18.0. The molecule has 0 aromatic heterocycles. The molecule has 2 saturated carbocycles. The van der Waals surface area contributed by atoms with Crippen molar-refractivity contribution in [3.63, 3.8) is 0 Å². The number of hydrogen-bond acceptors (Lipinski definition) is 3. The summed E-state index contributed by atoms with van der Waals surface area (Å²) in [6.07, 6.45) is 8.27. The van der Waals surface area contributed by atoms with Gasteiger partial charge in [-0.1, -0.05) is 30.3 Å². The van der Waals surface area contributed by atoms with Gasteiger partial charge in [-0.2, -0.15) is 0 Å². The van der Waals surface area contributed by atoms with Crippen LogP contribution in [0.2, 0.25) is 0 Å². The molecule has 4 rings (SSSR count). The van der Waals surface area contributed by atoms with Gasteiger partial charge in [0.05, 0.1) is 17.7 Å². The number of likely N-dealkylation sites (tertiary alicyclic amines) is 1. The van der Waals surface area contributed by atoms with Crippen LogP contribution >= 0.6 is 0 Å². The Morgan fingerprint density at radius 2 is 2.00 bits per heavy atom. The monoisotopic (exact) mass is 357 g/mol. The highest BCUT2D eigenvalue weighted by Gasteiger charge is 2.52. The van der Waals surface area contributed by atoms with Gasteiger partial charge in [-0.3, -0.25) is 4.79 Å². The number of rotatable bonds is 7. The minimum atomic E-state index is -0.151. The van der Waals surface area contributed by atoms with Crippen LogP contribution in [0.3, 0.4) is 0 Å². The minimum absolute atomic E-state index is 0.151. The van der Waals surface area contributed by atoms with Crippen LogP contribution in [-0.4, -0.2) is 48.8 Å². The zero-order valence-electron chi connectivity index (χ0n) is 15.9. The molecule has 1 aromatic carbocycles. The van der Waals surface area contributed by atoms with E-state index >= 15 is 0 Å². The molecule has 0 bridgehead atoms. The Morgan fingerprint density at radius 1 is 1.19 bits per heavy atom. The van der Waals surface area contributed by atoms with E-state index in [-0.39, 0.29) is 23.7 Å². The smallest absolute Gasteiger partial charge is 0.223 e. The van der Waals surface area contributed by atoms with Gasteiger partial charge in [-0.05, 0) is 56.4 Å². The van der Waals surface area contributed by atoms with Gasteiger partial charge in [0.2, 0.25) is 5.91 Å². The Labute approximate surface area is 156 Å². The largest absolute Gasteiger partial charge is 0.378 e. The quantitative estimate of drug-likeness (QED) is 0.749. The molecule has 3 aliphatic rings. The van der Waals surface area contributed by atoms with Gasteiger partial charge < -0.3 is 14.4 Å². The number of nitrogens with zero attached hydrogens (tertiary/aromatic N) is 1. The normalized spacial score (nSPS) is 31.0. The van der Waals surface area contributed by atoms with Gasteiger partial charge in [0.15, 0.2) is 0 Å². The second kappa shape index (κ2) is 7.69. The fourth-order valence-electron chi connectivity index (χ4n) is 4.71. The van der Waals surface area contributed by atoms with E-state index in [1.54, 1.807) is 0 Å². The summed E-state index contributed by atoms with van der Waals surface area (Å²) in [5.41, 5.74) is 1.08. The van der Waals surface area contributed by atoms with E-state index in [1.807, 2.05) is 25.3 Å². The highest BCUT2D eigenvalue weighted by atomic mass is 16.5. The number of carbonyl (C=O) groups is 1. The van der Waals surface area contributed by atoms with Crippen LogP contribution in [0.25, 0.3) is 0 Å². The average Bonchev–Trinajstić information content (AvgIpc) is 3.44. The van der Waals surface area contributed by atoms with Crippen molar-refractivity contribution in [2.24, 2.45) is 5.92 Å². The van der Waals surface area contributed by atoms with Crippen molar-refractivity contribution in [1.82, 2.24) is 4.90 Å². The first-order chi connectivity index (χ1) is 12.7. The van der Waals surface area contributed by atoms with Crippen LogP contribution in [0.15, 0.2) is 30.3 Å². The molecule has 0 N–H and O–H groups in total. The lowest BCUT2D eigenvalue weighted by atomic mass is 9.79. The molecule has 4 nitrogen and oxygen atoms in total. The number of hydrogen-bond donors (Lipinski definition) is 0. The first-order valence-electron chi connectivity index (χ1n) is 10.2. The SMILES string of the molecule is CO[C@@]12CC[C@H](OCC3CC3)C[C@@H]1N(C(=O)CCc1ccccc1)CC2. The van der Waals surface area contributed by atoms with E-state index in [1.165, 1.54) is 18.4 Å². The Hall–Kier alpha value is -1.39. The van der Waals surface area contributed by atoms with Crippen LogP contribution in [0.4, 0.5) is 0 Å². The van der Waals surface area contributed by atoms with Crippen LogP contribution in [0.1, 0.15) is 50.5 Å². The molecule has 4 heteroatoms. The zero-order valence-corrected chi connectivity index (χ0v) is 15.9. The molecule has 1 saturated heterocycles. The predicted octanol–water partition coefficient (Wildman–Crippen LogP) is 3.58. The maximum absolute atomic E-state index is 12.9. The number of methoxy groups -OCH3 is 1. The van der Waals surface area contributed by atoms with Crippen LogP contribution in [0.5, 0.6) is 0 Å². The molecule has 26 heavy (non-hydrogen) atoms. The molecular weight excluding hydrogens is 326 g/mol. The third kappa shape index (κ3) is 3.81. The van der Waals surface area contributed by atoms with E-state index in [0.29, 0.717) is 6.42 Å². The minimum Gasteiger partial charge on any atom is -0.378 e. The summed E-state index contributed by atoms with van der Waals surface area (Å²) in [5, 5.41) is 0. The maximum Gasteiger partial charge on any atom is 0.223 e. The Bertz CT molecular complexity index is 615. The molecule has 0 unspecified atom stereocenters. The molecule has 1 aromatic rings. The summed E-state index contributed by atoms with van der Waals surface area (Å²) in [7, 11) is 1.82. The number of carbonyl (C=O) groups excluding carboxylic acids is 1. The molecule has 1 aliphatic heterocycles. The fraction of sp³-hybridized carbons (Fsp3) is 0.682. The van der Waals surface area contributed by atoms with Crippen molar-refractivity contribution < 1.29 is 14.3 Å². The first kappa shape index (κ1) is 18.0. The molecule has 1 heterocycles. The van der Waals surface area contributed by atoms with E-state index in [0.717, 1.165) is 51.2 Å². The van der Waals surface area contributed by atoms with Gasteiger partial charge in [0.25, 0.3) is 0 Å². The van der Waals surface area contributed by atoms with Crippen molar-refractivity contribution in [1.29, 1.82) is 0 Å². The second-order valence-corrected chi connectivity index (χ2v) is 8.28. The summed E-state index contributed by atoms with van der Waals surface area (Å²) in [6.45, 7) is 1.72.